The van der Waals surface area contributed by atoms with Crippen LogP contribution in [0.15, 0.2) is 12.1 Å². The third-order valence-corrected chi connectivity index (χ3v) is 4.28. The van der Waals surface area contributed by atoms with Gasteiger partial charge < -0.3 is 10.0 Å². The van der Waals surface area contributed by atoms with Gasteiger partial charge >= 0.3 is 5.97 Å². The first-order valence-corrected chi connectivity index (χ1v) is 6.68. The number of carbonyl (C=O) groups is 1. The number of hydrogen-bond acceptors (Lipinski definition) is 4. The fourth-order valence-corrected chi connectivity index (χ4v) is 3.20. The maximum Gasteiger partial charge on any atom is 0.326 e. The summed E-state index contributed by atoms with van der Waals surface area (Å²) in [5, 5.41) is 9.36. The van der Waals surface area contributed by atoms with Crippen LogP contribution in [0.1, 0.15) is 10.9 Å². The lowest BCUT2D eigenvalue weighted by atomic mass is 10.2. The molecule has 1 aliphatic rings. The van der Waals surface area contributed by atoms with E-state index in [4.69, 9.17) is 11.6 Å². The van der Waals surface area contributed by atoms with Gasteiger partial charge in [-0.2, -0.15) is 0 Å². The Bertz CT molecular complexity index is 402. The molecule has 0 aliphatic carbocycles. The number of likely N-dealkylation sites (N-methyl/N-ethyl adjacent to an activating group) is 1. The molecule has 2 rings (SSSR count). The second kappa shape index (κ2) is 5.35. The van der Waals surface area contributed by atoms with E-state index in [0.29, 0.717) is 4.34 Å². The highest BCUT2D eigenvalue weighted by Crippen LogP contribution is 2.31. The van der Waals surface area contributed by atoms with Gasteiger partial charge in [0, 0.05) is 31.1 Å². The number of nitrogens with zero attached hydrogens (tertiary/aromatic N) is 2. The molecule has 1 aromatic rings. The summed E-state index contributed by atoms with van der Waals surface area (Å²) in [5.41, 5.74) is 0. The van der Waals surface area contributed by atoms with E-state index in [-0.39, 0.29) is 0 Å². The third kappa shape index (κ3) is 2.98. The van der Waals surface area contributed by atoms with Crippen molar-refractivity contribution in [3.63, 3.8) is 0 Å². The molecule has 1 aliphatic heterocycles. The minimum atomic E-state index is -0.798. The van der Waals surface area contributed by atoms with E-state index in [0.717, 1.165) is 31.1 Å². The quantitative estimate of drug-likeness (QED) is 0.912. The first-order valence-electron chi connectivity index (χ1n) is 5.48. The Morgan fingerprint density at radius 1 is 1.41 bits per heavy atom. The number of thiophene rings is 1. The highest BCUT2D eigenvalue weighted by Gasteiger charge is 2.30. The average Bonchev–Trinajstić information content (AvgIpc) is 2.68. The fourth-order valence-electron chi connectivity index (χ4n) is 2.01. The zero-order chi connectivity index (χ0) is 12.4. The van der Waals surface area contributed by atoms with Crippen molar-refractivity contribution in [3.8, 4) is 0 Å². The standard InChI is InChI=1S/C11H15ClN2O2S/c1-13-4-6-14(7-5-13)10(11(15)16)8-2-3-9(12)17-8/h2-3,10H,4-7H2,1H3,(H,15,16). The van der Waals surface area contributed by atoms with Gasteiger partial charge in [-0.15, -0.1) is 11.3 Å². The molecule has 0 bridgehead atoms. The van der Waals surface area contributed by atoms with Crippen molar-refractivity contribution >= 4 is 28.9 Å². The Morgan fingerprint density at radius 2 is 2.06 bits per heavy atom. The molecule has 6 heteroatoms. The Kier molecular flexibility index (Phi) is 4.04. The lowest BCUT2D eigenvalue weighted by Crippen LogP contribution is -2.47. The highest BCUT2D eigenvalue weighted by atomic mass is 35.5. The molecule has 2 heterocycles. The summed E-state index contributed by atoms with van der Waals surface area (Å²) in [7, 11) is 2.05. The number of piperazine rings is 1. The van der Waals surface area contributed by atoms with Crippen molar-refractivity contribution < 1.29 is 9.90 Å². The zero-order valence-corrected chi connectivity index (χ0v) is 11.2. The molecule has 0 amide bonds. The van der Waals surface area contributed by atoms with Crippen molar-refractivity contribution in [2.75, 3.05) is 33.2 Å². The van der Waals surface area contributed by atoms with Gasteiger partial charge in [0.15, 0.2) is 0 Å². The Morgan fingerprint density at radius 3 is 2.53 bits per heavy atom. The molecule has 0 spiro atoms. The maximum atomic E-state index is 11.4. The summed E-state index contributed by atoms with van der Waals surface area (Å²) in [4.78, 5) is 16.4. The maximum absolute atomic E-state index is 11.4. The van der Waals surface area contributed by atoms with E-state index < -0.39 is 12.0 Å². The van der Waals surface area contributed by atoms with Gasteiger partial charge in [-0.05, 0) is 19.2 Å². The van der Waals surface area contributed by atoms with E-state index in [1.165, 1.54) is 11.3 Å². The number of rotatable bonds is 3. The molecular formula is C11H15ClN2O2S. The highest BCUT2D eigenvalue weighted by molar-refractivity contribution is 7.16. The van der Waals surface area contributed by atoms with Gasteiger partial charge in [0.05, 0.1) is 4.34 Å². The van der Waals surface area contributed by atoms with Crippen LogP contribution >= 0.6 is 22.9 Å². The number of hydrogen-bond donors (Lipinski definition) is 1. The van der Waals surface area contributed by atoms with Crippen LogP contribution in [0.25, 0.3) is 0 Å². The van der Waals surface area contributed by atoms with Crippen LogP contribution in [0.4, 0.5) is 0 Å². The molecule has 0 saturated carbocycles. The second-order valence-electron chi connectivity index (χ2n) is 4.22. The fraction of sp³-hybridized carbons (Fsp3) is 0.545. The second-order valence-corrected chi connectivity index (χ2v) is 5.97. The topological polar surface area (TPSA) is 43.8 Å². The van der Waals surface area contributed by atoms with Gasteiger partial charge in [0.2, 0.25) is 0 Å². The molecule has 4 nitrogen and oxygen atoms in total. The zero-order valence-electron chi connectivity index (χ0n) is 9.60. The van der Waals surface area contributed by atoms with E-state index in [2.05, 4.69) is 11.9 Å². The van der Waals surface area contributed by atoms with Gasteiger partial charge in [-0.1, -0.05) is 11.6 Å². The van der Waals surface area contributed by atoms with Crippen LogP contribution in [0.3, 0.4) is 0 Å². The minimum Gasteiger partial charge on any atom is -0.480 e. The molecule has 1 atom stereocenters. The molecule has 0 aromatic carbocycles. The first-order chi connectivity index (χ1) is 8.08. The average molecular weight is 275 g/mol. The number of aliphatic carboxylic acids is 1. The monoisotopic (exact) mass is 274 g/mol. The van der Waals surface area contributed by atoms with E-state index in [1.54, 1.807) is 6.07 Å². The van der Waals surface area contributed by atoms with E-state index in [9.17, 15) is 9.90 Å². The number of halogens is 1. The van der Waals surface area contributed by atoms with Gasteiger partial charge in [-0.3, -0.25) is 9.69 Å². The van der Waals surface area contributed by atoms with Crippen molar-refractivity contribution in [1.29, 1.82) is 0 Å². The molecule has 94 valence electrons. The van der Waals surface area contributed by atoms with Crippen molar-refractivity contribution in [1.82, 2.24) is 9.80 Å². The summed E-state index contributed by atoms with van der Waals surface area (Å²) in [6.45, 7) is 3.37. The summed E-state index contributed by atoms with van der Waals surface area (Å²) in [6.07, 6.45) is 0. The van der Waals surface area contributed by atoms with Crippen molar-refractivity contribution in [3.05, 3.63) is 21.3 Å². The Hall–Kier alpha value is -0.620. The molecule has 1 N–H and O–H groups in total. The van der Waals surface area contributed by atoms with Crippen LogP contribution in [0, 0.1) is 0 Å². The molecule has 1 fully saturated rings. The molecular weight excluding hydrogens is 260 g/mol. The molecule has 1 unspecified atom stereocenters. The van der Waals surface area contributed by atoms with Gasteiger partial charge in [0.25, 0.3) is 0 Å². The van der Waals surface area contributed by atoms with Crippen LogP contribution in [-0.2, 0) is 4.79 Å². The van der Waals surface area contributed by atoms with E-state index >= 15 is 0 Å². The molecule has 0 radical (unpaired) electrons. The molecule has 17 heavy (non-hydrogen) atoms. The minimum absolute atomic E-state index is 0.554. The predicted octanol–water partition coefficient (Wildman–Crippen LogP) is 1.77. The SMILES string of the molecule is CN1CCN(C(C(=O)O)c2ccc(Cl)s2)CC1. The Balaban J connectivity index is 2.15. The van der Waals surface area contributed by atoms with Crippen LogP contribution < -0.4 is 0 Å². The lowest BCUT2D eigenvalue weighted by Gasteiger charge is -2.35. The normalized spacial score (nSPS) is 20.4. The summed E-state index contributed by atoms with van der Waals surface area (Å²) in [5.74, 6) is -0.798. The smallest absolute Gasteiger partial charge is 0.326 e. The van der Waals surface area contributed by atoms with Crippen molar-refractivity contribution in [2.24, 2.45) is 0 Å². The molecule has 1 saturated heterocycles. The number of carboxylic acid groups (broad SMARTS) is 1. The summed E-state index contributed by atoms with van der Waals surface area (Å²) >= 11 is 7.22. The lowest BCUT2D eigenvalue weighted by molar-refractivity contribution is -0.144. The van der Waals surface area contributed by atoms with Crippen LogP contribution in [0.5, 0.6) is 0 Å². The van der Waals surface area contributed by atoms with Gasteiger partial charge in [-0.25, -0.2) is 0 Å². The third-order valence-electron chi connectivity index (χ3n) is 3.00. The van der Waals surface area contributed by atoms with Crippen LogP contribution in [0.2, 0.25) is 4.34 Å². The Labute approximate surface area is 109 Å². The van der Waals surface area contributed by atoms with Crippen LogP contribution in [-0.4, -0.2) is 54.1 Å². The summed E-state index contributed by atoms with van der Waals surface area (Å²) < 4.78 is 0.639. The summed E-state index contributed by atoms with van der Waals surface area (Å²) in [6, 6.07) is 3.01. The van der Waals surface area contributed by atoms with Crippen molar-refractivity contribution in [2.45, 2.75) is 6.04 Å². The number of carboxylic acids is 1. The predicted molar refractivity (Wildman–Crippen MR) is 68.8 cm³/mol. The van der Waals surface area contributed by atoms with Gasteiger partial charge in [0.1, 0.15) is 6.04 Å². The molecule has 1 aromatic heterocycles. The first kappa shape index (κ1) is 12.8. The largest absolute Gasteiger partial charge is 0.480 e. The van der Waals surface area contributed by atoms with E-state index in [1.807, 2.05) is 11.0 Å².